The number of anilines is 2. The number of carbonyl (C=O) groups is 1. The highest BCUT2D eigenvalue weighted by molar-refractivity contribution is 5.92. The van der Waals surface area contributed by atoms with Gasteiger partial charge in [0, 0.05) is 29.7 Å². The molecule has 0 aliphatic carbocycles. The molecular weight excluding hydrogens is 332 g/mol. The second-order valence-corrected chi connectivity index (χ2v) is 6.29. The van der Waals surface area contributed by atoms with E-state index < -0.39 is 6.09 Å². The zero-order valence-corrected chi connectivity index (χ0v) is 14.8. The second kappa shape index (κ2) is 8.01. The monoisotopic (exact) mass is 356 g/mol. The molecule has 8 nitrogen and oxygen atoms in total. The Morgan fingerprint density at radius 2 is 2.27 bits per heavy atom. The third kappa shape index (κ3) is 3.85. The number of amides is 1. The van der Waals surface area contributed by atoms with E-state index in [0.29, 0.717) is 22.9 Å². The molecule has 2 bridgehead atoms. The van der Waals surface area contributed by atoms with Gasteiger partial charge in [0.2, 0.25) is 0 Å². The Kier molecular flexibility index (Phi) is 5.52. The van der Waals surface area contributed by atoms with Crippen LogP contribution in [0.15, 0.2) is 18.2 Å². The summed E-state index contributed by atoms with van der Waals surface area (Å²) in [5.41, 5.74) is 9.87. The average Bonchev–Trinajstić information content (AvgIpc) is 3.08. The predicted molar refractivity (Wildman–Crippen MR) is 102 cm³/mol. The summed E-state index contributed by atoms with van der Waals surface area (Å²) in [5, 5.41) is 13.8. The lowest BCUT2D eigenvalue weighted by molar-refractivity contribution is 0.187. The maximum absolute atomic E-state index is 11.5. The highest BCUT2D eigenvalue weighted by Gasteiger charge is 2.19. The first-order valence-electron chi connectivity index (χ1n) is 8.71. The van der Waals surface area contributed by atoms with Crippen molar-refractivity contribution >= 4 is 23.7 Å². The van der Waals surface area contributed by atoms with E-state index in [-0.39, 0.29) is 6.04 Å². The Morgan fingerprint density at radius 1 is 1.42 bits per heavy atom. The van der Waals surface area contributed by atoms with Crippen molar-refractivity contribution in [3.63, 3.8) is 0 Å². The van der Waals surface area contributed by atoms with Gasteiger partial charge in [0.15, 0.2) is 0 Å². The molecule has 1 amide bonds. The number of imidazole rings is 1. The Hall–Kier alpha value is -2.87. The van der Waals surface area contributed by atoms with Crippen LogP contribution >= 0.6 is 0 Å². The van der Waals surface area contributed by atoms with E-state index in [0.717, 1.165) is 43.5 Å². The van der Waals surface area contributed by atoms with Crippen LogP contribution in [-0.2, 0) is 4.74 Å². The Morgan fingerprint density at radius 3 is 3.04 bits per heavy atom. The largest absolute Gasteiger partial charge is 0.453 e. The summed E-state index contributed by atoms with van der Waals surface area (Å²) in [7, 11) is 1.33. The van der Waals surface area contributed by atoms with E-state index in [1.54, 1.807) is 6.07 Å². The van der Waals surface area contributed by atoms with Gasteiger partial charge in [0.05, 0.1) is 24.5 Å². The zero-order chi connectivity index (χ0) is 18.5. The molecule has 1 aliphatic heterocycles. The van der Waals surface area contributed by atoms with Crippen LogP contribution in [0.2, 0.25) is 0 Å². The fourth-order valence-corrected chi connectivity index (χ4v) is 3.06. The van der Waals surface area contributed by atoms with Gasteiger partial charge in [-0.25, -0.2) is 9.78 Å². The smallest absolute Gasteiger partial charge is 0.411 e. The van der Waals surface area contributed by atoms with E-state index in [1.165, 1.54) is 13.3 Å². The highest BCUT2D eigenvalue weighted by Crippen LogP contribution is 2.33. The number of H-pyrrole nitrogens is 1. The molecule has 1 aliphatic rings. The van der Waals surface area contributed by atoms with Crippen LogP contribution in [0.1, 0.15) is 43.2 Å². The molecule has 8 heteroatoms. The summed E-state index contributed by atoms with van der Waals surface area (Å²) in [6.45, 7) is 0.807. The highest BCUT2D eigenvalue weighted by atomic mass is 16.5. The molecule has 0 radical (unpaired) electrons. The summed E-state index contributed by atoms with van der Waals surface area (Å²) in [6, 6.07) is 5.34. The minimum Gasteiger partial charge on any atom is -0.453 e. The molecule has 0 unspecified atom stereocenters. The van der Waals surface area contributed by atoms with Gasteiger partial charge in [-0.1, -0.05) is 12.8 Å². The van der Waals surface area contributed by atoms with Crippen molar-refractivity contribution in [1.29, 1.82) is 5.41 Å². The molecule has 1 atom stereocenters. The average molecular weight is 356 g/mol. The van der Waals surface area contributed by atoms with Gasteiger partial charge in [-0.15, -0.1) is 0 Å². The van der Waals surface area contributed by atoms with Crippen LogP contribution in [0.4, 0.5) is 16.2 Å². The molecule has 2 aromatic rings. The molecule has 6 N–H and O–H groups in total. The topological polar surface area (TPSA) is 129 Å². The van der Waals surface area contributed by atoms with Crippen LogP contribution < -0.4 is 16.4 Å². The Labute approximate surface area is 152 Å². The van der Waals surface area contributed by atoms with Crippen LogP contribution in [0.3, 0.4) is 0 Å². The third-order valence-corrected chi connectivity index (χ3v) is 4.46. The summed E-state index contributed by atoms with van der Waals surface area (Å²) in [6.07, 6.45) is 4.71. The lowest BCUT2D eigenvalue weighted by Gasteiger charge is -2.15. The number of fused-ring (bicyclic) bond motifs is 4. The lowest BCUT2D eigenvalue weighted by Crippen LogP contribution is -2.13. The minimum absolute atomic E-state index is 0.168. The van der Waals surface area contributed by atoms with Crippen molar-refractivity contribution in [2.24, 2.45) is 5.73 Å². The van der Waals surface area contributed by atoms with Gasteiger partial charge in [-0.3, -0.25) is 5.32 Å². The Bertz CT molecular complexity index is 801. The molecule has 1 aromatic carbocycles. The van der Waals surface area contributed by atoms with E-state index in [4.69, 9.17) is 11.1 Å². The lowest BCUT2D eigenvalue weighted by atomic mass is 10.1. The van der Waals surface area contributed by atoms with E-state index in [2.05, 4.69) is 25.3 Å². The van der Waals surface area contributed by atoms with Crippen LogP contribution in [0.5, 0.6) is 0 Å². The minimum atomic E-state index is -0.522. The second-order valence-electron chi connectivity index (χ2n) is 6.29. The number of ether oxygens (including phenoxy) is 1. The zero-order valence-electron chi connectivity index (χ0n) is 14.8. The normalized spacial score (nSPS) is 17.1. The number of hydrogen-bond donors (Lipinski definition) is 5. The van der Waals surface area contributed by atoms with Crippen molar-refractivity contribution in [3.05, 3.63) is 29.7 Å². The van der Waals surface area contributed by atoms with Gasteiger partial charge in [-0.05, 0) is 31.0 Å². The molecule has 3 rings (SSSR count). The van der Waals surface area contributed by atoms with Gasteiger partial charge >= 0.3 is 6.09 Å². The van der Waals surface area contributed by atoms with Crippen molar-refractivity contribution in [3.8, 4) is 11.3 Å². The quantitative estimate of drug-likeness (QED) is 0.528. The van der Waals surface area contributed by atoms with Gasteiger partial charge in [0.1, 0.15) is 5.82 Å². The van der Waals surface area contributed by atoms with Crippen LogP contribution in [0.25, 0.3) is 11.3 Å². The molecule has 138 valence electrons. The number of rotatable bonds is 2. The van der Waals surface area contributed by atoms with E-state index in [1.807, 2.05) is 12.1 Å². The number of nitrogens with one attached hydrogen (secondary N) is 4. The van der Waals surface area contributed by atoms with Crippen LogP contribution in [-0.4, -0.2) is 35.9 Å². The fraction of sp³-hybridized carbons (Fsp3) is 0.389. The fourth-order valence-electron chi connectivity index (χ4n) is 3.06. The summed E-state index contributed by atoms with van der Waals surface area (Å²) < 4.78 is 4.65. The van der Waals surface area contributed by atoms with Crippen molar-refractivity contribution in [1.82, 2.24) is 9.97 Å². The predicted octanol–water partition coefficient (Wildman–Crippen LogP) is 3.24. The number of nitrogens with two attached hydrogens (primary N) is 1. The first-order chi connectivity index (χ1) is 12.6. The molecule has 1 aromatic heterocycles. The first-order valence-corrected chi connectivity index (χ1v) is 8.71. The summed E-state index contributed by atoms with van der Waals surface area (Å²) in [4.78, 5) is 19.3. The third-order valence-electron chi connectivity index (χ3n) is 4.46. The number of benzene rings is 1. The maximum Gasteiger partial charge on any atom is 0.411 e. The summed E-state index contributed by atoms with van der Waals surface area (Å²) in [5.74, 6) is 0.696. The Balaban J connectivity index is 2.05. The summed E-state index contributed by atoms with van der Waals surface area (Å²) >= 11 is 0. The van der Waals surface area contributed by atoms with Crippen molar-refractivity contribution < 1.29 is 9.53 Å². The first kappa shape index (κ1) is 17.9. The molecule has 0 saturated carbocycles. The van der Waals surface area contributed by atoms with E-state index in [9.17, 15) is 4.79 Å². The molecule has 0 fully saturated rings. The van der Waals surface area contributed by atoms with Crippen LogP contribution in [0, 0.1) is 5.41 Å². The number of nitrogens with zero attached hydrogens (tertiary/aromatic N) is 1. The number of aromatic amines is 1. The number of aromatic nitrogens is 2. The SMILES string of the molecule is COC(=O)Nc1ccc2c(c1)NCCCCC[C@H](N)c1nc-2c(C=N)[nH]1. The van der Waals surface area contributed by atoms with Crippen molar-refractivity contribution in [2.45, 2.75) is 31.7 Å². The van der Waals surface area contributed by atoms with Gasteiger partial charge in [0.25, 0.3) is 0 Å². The number of hydrogen-bond acceptors (Lipinski definition) is 6. The molecule has 2 heterocycles. The number of carbonyl (C=O) groups excluding carboxylic acids is 1. The molecule has 0 spiro atoms. The van der Waals surface area contributed by atoms with E-state index >= 15 is 0 Å². The number of methoxy groups -OCH3 is 1. The molecule has 26 heavy (non-hydrogen) atoms. The molecule has 0 saturated heterocycles. The van der Waals surface area contributed by atoms with Gasteiger partial charge < -0.3 is 26.2 Å². The molecular formula is C18H24N6O2. The standard InChI is InChI=1S/C18H24N6O2/c1-26-18(25)22-11-6-7-12-14(9-11)21-8-4-2-3-5-13(20)17-23-15(10-19)16(12)24-17/h6-7,9-10,13,19,21H,2-5,8,20H2,1H3,(H,22,25)(H,23,24)/t13-/m0/s1. The van der Waals surface area contributed by atoms with Gasteiger partial charge in [-0.2, -0.15) is 0 Å². The maximum atomic E-state index is 11.5. The van der Waals surface area contributed by atoms with Crippen molar-refractivity contribution in [2.75, 3.05) is 24.3 Å².